The summed E-state index contributed by atoms with van der Waals surface area (Å²) in [6.07, 6.45) is 7.47. The Morgan fingerprint density at radius 3 is 2.40 bits per heavy atom. The number of rotatable bonds is 5. The van der Waals surface area contributed by atoms with Crippen LogP contribution in [0.5, 0.6) is 0 Å². The van der Waals surface area contributed by atoms with Gasteiger partial charge in [-0.1, -0.05) is 33.1 Å². The van der Waals surface area contributed by atoms with Crippen molar-refractivity contribution in [2.45, 2.75) is 59.3 Å². The zero-order valence-electron chi connectivity index (χ0n) is 12.9. The molecule has 0 bridgehead atoms. The second kappa shape index (κ2) is 6.39. The summed E-state index contributed by atoms with van der Waals surface area (Å²) in [4.78, 5) is 8.99. The van der Waals surface area contributed by atoms with Crippen LogP contribution in [-0.2, 0) is 6.42 Å². The Labute approximate surface area is 121 Å². The lowest BCUT2D eigenvalue weighted by atomic mass is 9.76. The molecule has 5 heteroatoms. The summed E-state index contributed by atoms with van der Waals surface area (Å²) in [5.41, 5.74) is 4.04. The molecular formula is C15H27N5. The number of nitrogens with one attached hydrogen (secondary N) is 2. The van der Waals surface area contributed by atoms with Gasteiger partial charge in [-0.2, -0.15) is 0 Å². The van der Waals surface area contributed by atoms with Gasteiger partial charge < -0.3 is 10.7 Å². The number of hydrazine groups is 1. The zero-order valence-corrected chi connectivity index (χ0v) is 12.9. The largest absolute Gasteiger partial charge is 0.369 e. The molecule has 1 aromatic rings. The Hall–Kier alpha value is -1.36. The third kappa shape index (κ3) is 3.39. The molecule has 0 amide bonds. The van der Waals surface area contributed by atoms with Gasteiger partial charge in [0.1, 0.15) is 17.5 Å². The van der Waals surface area contributed by atoms with Gasteiger partial charge in [0, 0.05) is 18.5 Å². The van der Waals surface area contributed by atoms with Crippen molar-refractivity contribution in [3.05, 3.63) is 11.4 Å². The molecule has 0 radical (unpaired) electrons. The Balaban J connectivity index is 2.12. The first-order chi connectivity index (χ1) is 9.58. The summed E-state index contributed by atoms with van der Waals surface area (Å²) in [7, 11) is 0. The maximum atomic E-state index is 5.54. The van der Waals surface area contributed by atoms with E-state index >= 15 is 0 Å². The van der Waals surface area contributed by atoms with E-state index in [4.69, 9.17) is 5.84 Å². The number of hydrogen-bond donors (Lipinski definition) is 3. The number of aryl methyl sites for hydroxylation is 1. The molecule has 1 heterocycles. The standard InChI is InChI=1S/C15H27N5/c1-4-12-18-13(11(2)14(19-12)20-16)17-10-15(3)8-6-5-7-9-15/h4-10,16H2,1-3H3,(H2,17,18,19,20). The average molecular weight is 277 g/mol. The van der Waals surface area contributed by atoms with Crippen LogP contribution in [-0.4, -0.2) is 16.5 Å². The molecule has 0 unspecified atom stereocenters. The molecule has 0 aromatic carbocycles. The summed E-state index contributed by atoms with van der Waals surface area (Å²) in [5, 5.41) is 3.53. The molecule has 5 nitrogen and oxygen atoms in total. The maximum Gasteiger partial charge on any atom is 0.148 e. The van der Waals surface area contributed by atoms with E-state index in [2.05, 4.69) is 34.6 Å². The van der Waals surface area contributed by atoms with E-state index < -0.39 is 0 Å². The minimum absolute atomic E-state index is 0.387. The number of hydrogen-bond acceptors (Lipinski definition) is 5. The first-order valence-electron chi connectivity index (χ1n) is 7.66. The quantitative estimate of drug-likeness (QED) is 0.570. The van der Waals surface area contributed by atoms with Gasteiger partial charge in [-0.05, 0) is 25.2 Å². The van der Waals surface area contributed by atoms with Crippen LogP contribution in [0.15, 0.2) is 0 Å². The van der Waals surface area contributed by atoms with Crippen LogP contribution in [0.4, 0.5) is 11.6 Å². The highest BCUT2D eigenvalue weighted by Gasteiger charge is 2.26. The summed E-state index contributed by atoms with van der Waals surface area (Å²) < 4.78 is 0. The van der Waals surface area contributed by atoms with Crippen molar-refractivity contribution in [1.29, 1.82) is 0 Å². The van der Waals surface area contributed by atoms with Gasteiger partial charge in [-0.3, -0.25) is 0 Å². The fourth-order valence-electron chi connectivity index (χ4n) is 2.91. The van der Waals surface area contributed by atoms with Crippen LogP contribution in [0.1, 0.15) is 57.3 Å². The molecule has 4 N–H and O–H groups in total. The van der Waals surface area contributed by atoms with Gasteiger partial charge in [0.2, 0.25) is 0 Å². The lowest BCUT2D eigenvalue weighted by molar-refractivity contribution is 0.233. The van der Waals surface area contributed by atoms with Crippen LogP contribution in [0.3, 0.4) is 0 Å². The minimum atomic E-state index is 0.387. The summed E-state index contributed by atoms with van der Waals surface area (Å²) in [6.45, 7) is 7.40. The third-order valence-electron chi connectivity index (χ3n) is 4.39. The fourth-order valence-corrected chi connectivity index (χ4v) is 2.91. The van der Waals surface area contributed by atoms with Crippen molar-refractivity contribution in [1.82, 2.24) is 9.97 Å². The summed E-state index contributed by atoms with van der Waals surface area (Å²) >= 11 is 0. The Morgan fingerprint density at radius 2 is 1.80 bits per heavy atom. The normalized spacial score (nSPS) is 17.8. The Kier molecular flexibility index (Phi) is 4.81. The zero-order chi connectivity index (χ0) is 14.6. The highest BCUT2D eigenvalue weighted by Crippen LogP contribution is 2.36. The van der Waals surface area contributed by atoms with Crippen LogP contribution in [0, 0.1) is 12.3 Å². The van der Waals surface area contributed by atoms with Crippen molar-refractivity contribution in [2.24, 2.45) is 11.3 Å². The molecule has 112 valence electrons. The number of nitrogens with two attached hydrogens (primary N) is 1. The van der Waals surface area contributed by atoms with E-state index in [0.29, 0.717) is 11.2 Å². The van der Waals surface area contributed by atoms with Crippen molar-refractivity contribution in [2.75, 3.05) is 17.3 Å². The van der Waals surface area contributed by atoms with Gasteiger partial charge in [-0.25, -0.2) is 15.8 Å². The van der Waals surface area contributed by atoms with E-state index in [1.807, 2.05) is 6.92 Å². The highest BCUT2D eigenvalue weighted by atomic mass is 15.3. The molecule has 0 spiro atoms. The Bertz CT molecular complexity index is 452. The van der Waals surface area contributed by atoms with Crippen molar-refractivity contribution >= 4 is 11.6 Å². The molecule has 1 aromatic heterocycles. The lowest BCUT2D eigenvalue weighted by Gasteiger charge is -2.34. The number of aromatic nitrogens is 2. The van der Waals surface area contributed by atoms with Gasteiger partial charge in [0.25, 0.3) is 0 Å². The second-order valence-corrected chi connectivity index (χ2v) is 6.18. The Morgan fingerprint density at radius 1 is 1.15 bits per heavy atom. The molecule has 2 rings (SSSR count). The smallest absolute Gasteiger partial charge is 0.148 e. The minimum Gasteiger partial charge on any atom is -0.369 e. The second-order valence-electron chi connectivity index (χ2n) is 6.18. The topological polar surface area (TPSA) is 75.9 Å². The van der Waals surface area contributed by atoms with Crippen LogP contribution >= 0.6 is 0 Å². The summed E-state index contributed by atoms with van der Waals surface area (Å²) in [5.74, 6) is 7.99. The van der Waals surface area contributed by atoms with Crippen LogP contribution in [0.25, 0.3) is 0 Å². The average Bonchev–Trinajstić information content (AvgIpc) is 2.47. The molecule has 0 aliphatic heterocycles. The van der Waals surface area contributed by atoms with Crippen molar-refractivity contribution in [3.63, 3.8) is 0 Å². The van der Waals surface area contributed by atoms with Crippen LogP contribution in [0.2, 0.25) is 0 Å². The van der Waals surface area contributed by atoms with E-state index in [1.54, 1.807) is 0 Å². The van der Waals surface area contributed by atoms with Gasteiger partial charge >= 0.3 is 0 Å². The third-order valence-corrected chi connectivity index (χ3v) is 4.39. The van der Waals surface area contributed by atoms with E-state index in [-0.39, 0.29) is 0 Å². The first kappa shape index (κ1) is 15.0. The number of nitrogens with zero attached hydrogens (tertiary/aromatic N) is 2. The number of nitrogen functional groups attached to an aromatic ring is 1. The molecule has 1 saturated carbocycles. The SMILES string of the molecule is CCc1nc(NN)c(C)c(NCC2(C)CCCCC2)n1. The molecule has 1 fully saturated rings. The van der Waals surface area contributed by atoms with Gasteiger partial charge in [0.15, 0.2) is 0 Å². The molecule has 1 aliphatic carbocycles. The lowest BCUT2D eigenvalue weighted by Crippen LogP contribution is -2.29. The predicted molar refractivity (Wildman–Crippen MR) is 83.6 cm³/mol. The molecular weight excluding hydrogens is 250 g/mol. The van der Waals surface area contributed by atoms with Gasteiger partial charge in [-0.15, -0.1) is 0 Å². The molecule has 0 atom stereocenters. The first-order valence-corrected chi connectivity index (χ1v) is 7.66. The predicted octanol–water partition coefficient (Wildman–Crippen LogP) is 3.02. The maximum absolute atomic E-state index is 5.54. The van der Waals surface area contributed by atoms with Crippen molar-refractivity contribution in [3.8, 4) is 0 Å². The monoisotopic (exact) mass is 277 g/mol. The fraction of sp³-hybridized carbons (Fsp3) is 0.733. The van der Waals surface area contributed by atoms with Gasteiger partial charge in [0.05, 0.1) is 0 Å². The molecule has 0 saturated heterocycles. The van der Waals surface area contributed by atoms with Crippen molar-refractivity contribution < 1.29 is 0 Å². The van der Waals surface area contributed by atoms with E-state index in [0.717, 1.165) is 30.2 Å². The van der Waals surface area contributed by atoms with E-state index in [1.165, 1.54) is 32.1 Å². The summed E-state index contributed by atoms with van der Waals surface area (Å²) in [6, 6.07) is 0. The highest BCUT2D eigenvalue weighted by molar-refractivity contribution is 5.56. The number of anilines is 2. The van der Waals surface area contributed by atoms with Crippen LogP contribution < -0.4 is 16.6 Å². The van der Waals surface area contributed by atoms with E-state index in [9.17, 15) is 0 Å². The molecule has 20 heavy (non-hydrogen) atoms. The molecule has 1 aliphatic rings.